The zero-order valence-corrected chi connectivity index (χ0v) is 30.5. The van der Waals surface area contributed by atoms with Gasteiger partial charge in [0.2, 0.25) is 0 Å². The summed E-state index contributed by atoms with van der Waals surface area (Å²) in [5.74, 6) is -2.18. The smallest absolute Gasteiger partial charge is 0.333 e. The molecule has 0 aromatic heterocycles. The summed E-state index contributed by atoms with van der Waals surface area (Å²) in [6.07, 6.45) is 0. The Bertz CT molecular complexity index is 2030. The van der Waals surface area contributed by atoms with E-state index >= 15 is 0 Å². The van der Waals surface area contributed by atoms with Crippen molar-refractivity contribution in [1.82, 2.24) is 0 Å². The van der Waals surface area contributed by atoms with Crippen LogP contribution in [0.2, 0.25) is 0 Å². The first kappa shape index (κ1) is 38.0. The Balaban J connectivity index is 1.76. The Hall–Kier alpha value is -6.28. The molecule has 0 atom stereocenters. The molecular weight excluding hydrogens is 668 g/mol. The van der Waals surface area contributed by atoms with Crippen LogP contribution in [0.25, 0.3) is 11.1 Å². The van der Waals surface area contributed by atoms with Crippen LogP contribution in [0, 0.1) is 0 Å². The molecule has 0 bridgehead atoms. The van der Waals surface area contributed by atoms with Gasteiger partial charge in [-0.2, -0.15) is 0 Å². The van der Waals surface area contributed by atoms with Gasteiger partial charge in [0, 0.05) is 22.3 Å². The molecular formula is C45H42O8. The molecule has 0 heterocycles. The second-order valence-electron chi connectivity index (χ2n) is 13.2. The first-order valence-corrected chi connectivity index (χ1v) is 17.0. The molecule has 1 aliphatic rings. The summed E-state index contributed by atoms with van der Waals surface area (Å²) in [7, 11) is 0. The van der Waals surface area contributed by atoms with Crippen molar-refractivity contribution in [3.63, 3.8) is 0 Å². The molecule has 8 nitrogen and oxygen atoms in total. The third kappa shape index (κ3) is 7.82. The van der Waals surface area contributed by atoms with E-state index in [1.807, 2.05) is 60.7 Å². The minimum Gasteiger partial charge on any atom is -0.457 e. The van der Waals surface area contributed by atoms with Gasteiger partial charge >= 0.3 is 23.9 Å². The predicted octanol–water partition coefficient (Wildman–Crippen LogP) is 8.53. The molecule has 0 unspecified atom stereocenters. The van der Waals surface area contributed by atoms with Crippen molar-refractivity contribution in [3.8, 4) is 11.1 Å². The van der Waals surface area contributed by atoms with Gasteiger partial charge in [0.15, 0.2) is 0 Å². The largest absolute Gasteiger partial charge is 0.457 e. The zero-order chi connectivity index (χ0) is 38.4. The maximum absolute atomic E-state index is 12.6. The van der Waals surface area contributed by atoms with Gasteiger partial charge in [-0.3, -0.25) is 0 Å². The van der Waals surface area contributed by atoms with Crippen molar-refractivity contribution in [1.29, 1.82) is 0 Å². The van der Waals surface area contributed by atoms with E-state index in [-0.39, 0.29) is 48.7 Å². The van der Waals surface area contributed by atoms with E-state index in [1.54, 1.807) is 27.7 Å². The molecule has 270 valence electrons. The predicted molar refractivity (Wildman–Crippen MR) is 202 cm³/mol. The molecule has 0 spiro atoms. The molecule has 0 N–H and O–H groups in total. The lowest BCUT2D eigenvalue weighted by molar-refractivity contribution is -0.141. The molecule has 4 aromatic carbocycles. The molecule has 0 amide bonds. The summed E-state index contributed by atoms with van der Waals surface area (Å²) in [6.45, 7) is 20.7. The molecule has 0 fully saturated rings. The van der Waals surface area contributed by atoms with Crippen LogP contribution in [-0.2, 0) is 70.0 Å². The molecule has 0 radical (unpaired) electrons. The van der Waals surface area contributed by atoms with Crippen molar-refractivity contribution in [3.05, 3.63) is 178 Å². The van der Waals surface area contributed by atoms with Gasteiger partial charge in [-0.05, 0) is 83.3 Å². The maximum atomic E-state index is 12.6. The highest BCUT2D eigenvalue weighted by Gasteiger charge is 2.46. The average Bonchev–Trinajstić information content (AvgIpc) is 3.45. The highest BCUT2D eigenvalue weighted by molar-refractivity contribution is 5.89. The van der Waals surface area contributed by atoms with E-state index in [2.05, 4.69) is 50.6 Å². The Morgan fingerprint density at radius 1 is 0.453 bits per heavy atom. The summed E-state index contributed by atoms with van der Waals surface area (Å²) in [5.41, 5.74) is 8.42. The first-order valence-electron chi connectivity index (χ1n) is 17.0. The summed E-state index contributed by atoms with van der Waals surface area (Å²) >= 11 is 0. The maximum Gasteiger partial charge on any atom is 0.333 e. The van der Waals surface area contributed by atoms with Crippen LogP contribution in [0.15, 0.2) is 134 Å². The Morgan fingerprint density at radius 2 is 0.755 bits per heavy atom. The Morgan fingerprint density at radius 3 is 1.08 bits per heavy atom. The van der Waals surface area contributed by atoms with E-state index in [9.17, 15) is 19.2 Å². The van der Waals surface area contributed by atoms with Gasteiger partial charge in [0.05, 0.1) is 5.41 Å². The summed E-state index contributed by atoms with van der Waals surface area (Å²) in [6, 6.07) is 27.9. The fourth-order valence-electron chi connectivity index (χ4n) is 6.36. The SMILES string of the molecule is C=C(C)C(=O)OCc1ccc(C2(c3ccc(COC(=O)C(=C)C)c(COC(=O)C(=C)C)c3)c3ccccc3-c3ccccc32)cc1COC(=O)C(=C)C. The van der Waals surface area contributed by atoms with Crippen molar-refractivity contribution in [2.75, 3.05) is 0 Å². The third-order valence-electron chi connectivity index (χ3n) is 9.06. The number of carbonyl (C=O) groups excluding carboxylic acids is 4. The van der Waals surface area contributed by atoms with Crippen molar-refractivity contribution < 1.29 is 38.1 Å². The van der Waals surface area contributed by atoms with Gasteiger partial charge in [0.25, 0.3) is 0 Å². The number of esters is 4. The summed E-state index contributed by atoms with van der Waals surface area (Å²) in [4.78, 5) is 50.0. The number of hydrogen-bond acceptors (Lipinski definition) is 8. The molecule has 53 heavy (non-hydrogen) atoms. The number of carbonyl (C=O) groups is 4. The minimum atomic E-state index is -0.923. The number of benzene rings is 4. The standard InChI is InChI=1S/C45H42O8/c1-27(2)41(46)50-23-31-17-19-35(21-33(31)25-52-43(48)29(5)6)45(39-15-11-9-13-37(39)38-14-10-12-16-40(38)45)36-20-18-32(24-51-42(47)28(3)4)34(22-36)26-53-44(49)30(7)8/h9-22H,1,3,5,7,23-26H2,2,4,6,8H3. The fourth-order valence-corrected chi connectivity index (χ4v) is 6.36. The van der Waals surface area contributed by atoms with Crippen LogP contribution in [0.1, 0.15) is 72.2 Å². The lowest BCUT2D eigenvalue weighted by Gasteiger charge is -2.35. The Labute approximate surface area is 310 Å². The third-order valence-corrected chi connectivity index (χ3v) is 9.06. The Kier molecular flexibility index (Phi) is 11.4. The van der Waals surface area contributed by atoms with Gasteiger partial charge < -0.3 is 18.9 Å². The lowest BCUT2D eigenvalue weighted by atomic mass is 9.67. The number of fused-ring (bicyclic) bond motifs is 3. The van der Waals surface area contributed by atoms with E-state index in [0.29, 0.717) is 22.3 Å². The minimum absolute atomic E-state index is 0.0675. The molecule has 4 aromatic rings. The van der Waals surface area contributed by atoms with Crippen LogP contribution < -0.4 is 0 Å². The first-order chi connectivity index (χ1) is 25.2. The normalized spacial score (nSPS) is 12.1. The topological polar surface area (TPSA) is 105 Å². The van der Waals surface area contributed by atoms with Crippen LogP contribution in [0.4, 0.5) is 0 Å². The monoisotopic (exact) mass is 710 g/mol. The molecule has 5 rings (SSSR count). The van der Waals surface area contributed by atoms with E-state index in [4.69, 9.17) is 18.9 Å². The highest BCUT2D eigenvalue weighted by Crippen LogP contribution is 2.56. The van der Waals surface area contributed by atoms with Crippen molar-refractivity contribution >= 4 is 23.9 Å². The zero-order valence-electron chi connectivity index (χ0n) is 30.5. The second kappa shape index (κ2) is 15.9. The fraction of sp³-hybridized carbons (Fsp3) is 0.200. The van der Waals surface area contributed by atoms with E-state index in [1.165, 1.54) is 0 Å². The molecule has 1 aliphatic carbocycles. The molecule has 8 heteroatoms. The number of rotatable bonds is 14. The average molecular weight is 711 g/mol. The van der Waals surface area contributed by atoms with Gasteiger partial charge in [-0.25, -0.2) is 19.2 Å². The molecule has 0 saturated heterocycles. The molecule has 0 aliphatic heterocycles. The van der Waals surface area contributed by atoms with E-state index in [0.717, 1.165) is 33.4 Å². The second-order valence-corrected chi connectivity index (χ2v) is 13.2. The highest BCUT2D eigenvalue weighted by atomic mass is 16.5. The van der Waals surface area contributed by atoms with Gasteiger partial charge in [-0.15, -0.1) is 0 Å². The summed E-state index contributed by atoms with van der Waals surface area (Å²) in [5, 5.41) is 0. The van der Waals surface area contributed by atoms with Gasteiger partial charge in [0.1, 0.15) is 26.4 Å². The van der Waals surface area contributed by atoms with Crippen LogP contribution in [-0.4, -0.2) is 23.9 Å². The quantitative estimate of drug-likeness (QED) is 0.0642. The number of ether oxygens (including phenoxy) is 4. The number of hydrogen-bond donors (Lipinski definition) is 0. The van der Waals surface area contributed by atoms with Crippen molar-refractivity contribution in [2.45, 2.75) is 59.5 Å². The van der Waals surface area contributed by atoms with Crippen LogP contribution in [0.3, 0.4) is 0 Å². The van der Waals surface area contributed by atoms with Crippen molar-refractivity contribution in [2.24, 2.45) is 0 Å². The van der Waals surface area contributed by atoms with Gasteiger partial charge in [-0.1, -0.05) is 111 Å². The van der Waals surface area contributed by atoms with Crippen LogP contribution >= 0.6 is 0 Å². The summed E-state index contributed by atoms with van der Waals surface area (Å²) < 4.78 is 22.4. The van der Waals surface area contributed by atoms with E-state index < -0.39 is 29.3 Å². The van der Waals surface area contributed by atoms with Crippen LogP contribution in [0.5, 0.6) is 0 Å². The lowest BCUT2D eigenvalue weighted by Crippen LogP contribution is -2.29. The molecule has 0 saturated carbocycles.